The zero-order chi connectivity index (χ0) is 16.9. The van der Waals surface area contributed by atoms with Gasteiger partial charge >= 0.3 is 0 Å². The first kappa shape index (κ1) is 17.3. The Balaban J connectivity index is 1.44. The molecule has 7 heteroatoms. The Morgan fingerprint density at radius 3 is 2.38 bits per heavy atom. The van der Waals surface area contributed by atoms with E-state index in [4.69, 9.17) is 27.6 Å². The van der Waals surface area contributed by atoms with Crippen LogP contribution < -0.4 is 5.32 Å². The molecule has 1 aliphatic rings. The Morgan fingerprint density at radius 1 is 1.08 bits per heavy atom. The minimum atomic E-state index is -0.0622. The van der Waals surface area contributed by atoms with E-state index in [1.54, 1.807) is 24.5 Å². The normalized spacial score (nSPS) is 16.2. The number of hydrogen-bond donors (Lipinski definition) is 1. The molecule has 3 rings (SSSR count). The van der Waals surface area contributed by atoms with Gasteiger partial charge in [-0.25, -0.2) is 0 Å². The molecule has 1 N–H and O–H groups in total. The zero-order valence-corrected chi connectivity index (χ0v) is 14.7. The molecule has 2 aromatic rings. The molecule has 1 saturated heterocycles. The van der Waals surface area contributed by atoms with Gasteiger partial charge < -0.3 is 9.73 Å². The highest BCUT2D eigenvalue weighted by Gasteiger charge is 2.19. The van der Waals surface area contributed by atoms with Crippen LogP contribution in [0.25, 0.3) is 0 Å². The van der Waals surface area contributed by atoms with Crippen molar-refractivity contribution in [2.45, 2.75) is 6.54 Å². The summed E-state index contributed by atoms with van der Waals surface area (Å²) < 4.78 is 5.37. The standard InChI is InChI=1S/C17H19Cl2N3O2/c18-13-8-14(19)10-15(9-13)20-17(23)12-22-5-3-21(4-6-22)11-16-2-1-7-24-16/h1-2,7-10H,3-6,11-12H2,(H,20,23). The van der Waals surface area contributed by atoms with Crippen LogP contribution in [-0.4, -0.2) is 48.4 Å². The number of anilines is 1. The summed E-state index contributed by atoms with van der Waals surface area (Å²) in [4.78, 5) is 16.6. The van der Waals surface area contributed by atoms with Gasteiger partial charge in [0.05, 0.1) is 19.4 Å². The first-order chi connectivity index (χ1) is 11.6. The van der Waals surface area contributed by atoms with E-state index in [1.807, 2.05) is 12.1 Å². The molecule has 1 amide bonds. The Kier molecular flexibility index (Phi) is 5.79. The van der Waals surface area contributed by atoms with Crippen molar-refractivity contribution in [3.63, 3.8) is 0 Å². The number of furan rings is 1. The van der Waals surface area contributed by atoms with Gasteiger partial charge in [0.15, 0.2) is 0 Å². The highest BCUT2D eigenvalue weighted by Crippen LogP contribution is 2.22. The fourth-order valence-corrected chi connectivity index (χ4v) is 3.28. The summed E-state index contributed by atoms with van der Waals surface area (Å²) in [5.74, 6) is 0.909. The number of halogens is 2. The second-order valence-electron chi connectivity index (χ2n) is 5.84. The highest BCUT2D eigenvalue weighted by atomic mass is 35.5. The number of amides is 1. The van der Waals surface area contributed by atoms with Crippen LogP contribution in [-0.2, 0) is 11.3 Å². The molecule has 5 nitrogen and oxygen atoms in total. The van der Waals surface area contributed by atoms with Gasteiger partial charge in [0.2, 0.25) is 5.91 Å². The van der Waals surface area contributed by atoms with Crippen molar-refractivity contribution in [3.05, 3.63) is 52.4 Å². The lowest BCUT2D eigenvalue weighted by atomic mass is 10.3. The molecule has 24 heavy (non-hydrogen) atoms. The van der Waals surface area contributed by atoms with Crippen molar-refractivity contribution < 1.29 is 9.21 Å². The number of nitrogens with zero attached hydrogens (tertiary/aromatic N) is 2. The summed E-state index contributed by atoms with van der Waals surface area (Å²) in [5, 5.41) is 3.85. The third-order valence-electron chi connectivity index (χ3n) is 3.94. The monoisotopic (exact) mass is 367 g/mol. The van der Waals surface area contributed by atoms with Gasteiger partial charge in [0.25, 0.3) is 0 Å². The Labute approximate surface area is 151 Å². The number of nitrogens with one attached hydrogen (secondary N) is 1. The lowest BCUT2D eigenvalue weighted by molar-refractivity contribution is -0.117. The summed E-state index contributed by atoms with van der Waals surface area (Å²) in [6, 6.07) is 8.89. The van der Waals surface area contributed by atoms with Crippen molar-refractivity contribution in [2.24, 2.45) is 0 Å². The number of carbonyl (C=O) groups excluding carboxylic acids is 1. The van der Waals surface area contributed by atoms with E-state index in [0.29, 0.717) is 22.3 Å². The predicted octanol–water partition coefficient (Wildman–Crippen LogP) is 3.34. The number of carbonyl (C=O) groups is 1. The molecule has 0 radical (unpaired) electrons. The van der Waals surface area contributed by atoms with Crippen LogP contribution in [0.4, 0.5) is 5.69 Å². The molecule has 0 bridgehead atoms. The van der Waals surface area contributed by atoms with E-state index in [2.05, 4.69) is 15.1 Å². The highest BCUT2D eigenvalue weighted by molar-refractivity contribution is 6.35. The summed E-state index contributed by atoms with van der Waals surface area (Å²) >= 11 is 11.9. The van der Waals surface area contributed by atoms with Crippen molar-refractivity contribution in [1.29, 1.82) is 0 Å². The van der Waals surface area contributed by atoms with E-state index in [-0.39, 0.29) is 5.91 Å². The van der Waals surface area contributed by atoms with E-state index in [1.165, 1.54) is 0 Å². The van der Waals surface area contributed by atoms with E-state index in [0.717, 1.165) is 38.5 Å². The Morgan fingerprint density at radius 2 is 1.75 bits per heavy atom. The summed E-state index contributed by atoms with van der Waals surface area (Å²) in [7, 11) is 0. The SMILES string of the molecule is O=C(CN1CCN(Cc2ccco2)CC1)Nc1cc(Cl)cc(Cl)c1. The molecule has 128 valence electrons. The second-order valence-corrected chi connectivity index (χ2v) is 6.71. The molecular weight excluding hydrogens is 349 g/mol. The van der Waals surface area contributed by atoms with Gasteiger partial charge in [-0.3, -0.25) is 14.6 Å². The van der Waals surface area contributed by atoms with Crippen LogP contribution in [0.1, 0.15) is 5.76 Å². The van der Waals surface area contributed by atoms with Crippen LogP contribution in [0.5, 0.6) is 0 Å². The Hall–Kier alpha value is -1.53. The van der Waals surface area contributed by atoms with Gasteiger partial charge in [-0.15, -0.1) is 0 Å². The number of hydrogen-bond acceptors (Lipinski definition) is 4. The molecule has 1 aromatic carbocycles. The van der Waals surface area contributed by atoms with Crippen LogP contribution in [0.3, 0.4) is 0 Å². The second kappa shape index (κ2) is 8.03. The predicted molar refractivity (Wildman–Crippen MR) is 95.5 cm³/mol. The van der Waals surface area contributed by atoms with Crippen LogP contribution in [0, 0.1) is 0 Å². The van der Waals surface area contributed by atoms with Crippen molar-refractivity contribution in [3.8, 4) is 0 Å². The zero-order valence-electron chi connectivity index (χ0n) is 13.2. The quantitative estimate of drug-likeness (QED) is 0.880. The average molecular weight is 368 g/mol. The molecule has 0 spiro atoms. The largest absolute Gasteiger partial charge is 0.468 e. The first-order valence-electron chi connectivity index (χ1n) is 7.81. The first-order valence-corrected chi connectivity index (χ1v) is 8.57. The molecule has 1 fully saturated rings. The number of piperazine rings is 1. The number of rotatable bonds is 5. The molecule has 0 unspecified atom stereocenters. The summed E-state index contributed by atoms with van der Waals surface area (Å²) in [6.07, 6.45) is 1.69. The lowest BCUT2D eigenvalue weighted by Crippen LogP contribution is -2.48. The maximum absolute atomic E-state index is 12.2. The van der Waals surface area contributed by atoms with E-state index < -0.39 is 0 Å². The van der Waals surface area contributed by atoms with Gasteiger partial charge in [0, 0.05) is 41.9 Å². The van der Waals surface area contributed by atoms with Crippen molar-refractivity contribution in [2.75, 3.05) is 38.0 Å². The fraction of sp³-hybridized carbons (Fsp3) is 0.353. The maximum Gasteiger partial charge on any atom is 0.238 e. The van der Waals surface area contributed by atoms with Gasteiger partial charge in [0.1, 0.15) is 5.76 Å². The molecule has 0 saturated carbocycles. The molecule has 1 aliphatic heterocycles. The minimum absolute atomic E-state index is 0.0622. The lowest BCUT2D eigenvalue weighted by Gasteiger charge is -2.33. The van der Waals surface area contributed by atoms with Crippen LogP contribution >= 0.6 is 23.2 Å². The fourth-order valence-electron chi connectivity index (χ4n) is 2.76. The van der Waals surface area contributed by atoms with Crippen LogP contribution in [0.2, 0.25) is 10.0 Å². The molecule has 0 atom stereocenters. The molecular formula is C17H19Cl2N3O2. The smallest absolute Gasteiger partial charge is 0.238 e. The van der Waals surface area contributed by atoms with Crippen LogP contribution in [0.15, 0.2) is 41.0 Å². The van der Waals surface area contributed by atoms with E-state index >= 15 is 0 Å². The molecule has 2 heterocycles. The topological polar surface area (TPSA) is 48.7 Å². The van der Waals surface area contributed by atoms with E-state index in [9.17, 15) is 4.79 Å². The van der Waals surface area contributed by atoms with Gasteiger partial charge in [-0.2, -0.15) is 0 Å². The van der Waals surface area contributed by atoms with Gasteiger partial charge in [-0.1, -0.05) is 23.2 Å². The minimum Gasteiger partial charge on any atom is -0.468 e. The van der Waals surface area contributed by atoms with Crippen molar-refractivity contribution in [1.82, 2.24) is 9.80 Å². The van der Waals surface area contributed by atoms with Gasteiger partial charge in [-0.05, 0) is 30.3 Å². The molecule has 0 aliphatic carbocycles. The summed E-state index contributed by atoms with van der Waals surface area (Å²) in [5.41, 5.74) is 0.619. The maximum atomic E-state index is 12.2. The third kappa shape index (κ3) is 4.98. The average Bonchev–Trinajstić information content (AvgIpc) is 3.01. The summed E-state index contributed by atoms with van der Waals surface area (Å²) in [6.45, 7) is 4.70. The van der Waals surface area contributed by atoms with Crippen molar-refractivity contribution >= 4 is 34.8 Å². The third-order valence-corrected chi connectivity index (χ3v) is 4.37. The molecule has 1 aromatic heterocycles. The number of benzene rings is 1. The Bertz CT molecular complexity index is 663.